The highest BCUT2D eigenvalue weighted by Gasteiger charge is 2.30. The summed E-state index contributed by atoms with van der Waals surface area (Å²) in [7, 11) is 0. The van der Waals surface area contributed by atoms with Gasteiger partial charge in [0.15, 0.2) is 12.1 Å². The first-order valence-corrected chi connectivity index (χ1v) is 7.66. The van der Waals surface area contributed by atoms with Crippen molar-refractivity contribution in [1.29, 1.82) is 0 Å². The van der Waals surface area contributed by atoms with Crippen molar-refractivity contribution in [3.8, 4) is 5.88 Å². The van der Waals surface area contributed by atoms with Crippen molar-refractivity contribution in [2.75, 3.05) is 13.2 Å². The topological polar surface area (TPSA) is 86.5 Å². The zero-order chi connectivity index (χ0) is 16.1. The zero-order valence-electron chi connectivity index (χ0n) is 12.9. The van der Waals surface area contributed by atoms with E-state index in [-0.39, 0.29) is 18.1 Å². The van der Waals surface area contributed by atoms with Crippen LogP contribution in [0.2, 0.25) is 0 Å². The summed E-state index contributed by atoms with van der Waals surface area (Å²) < 4.78 is 16.5. The lowest BCUT2D eigenvalue weighted by Crippen LogP contribution is -2.51. The van der Waals surface area contributed by atoms with E-state index >= 15 is 0 Å². The third kappa shape index (κ3) is 3.68. The highest BCUT2D eigenvalue weighted by molar-refractivity contribution is 5.93. The van der Waals surface area contributed by atoms with Gasteiger partial charge in [0.05, 0.1) is 12.6 Å². The summed E-state index contributed by atoms with van der Waals surface area (Å²) in [6.07, 6.45) is 3.95. The second-order valence-electron chi connectivity index (χ2n) is 5.25. The van der Waals surface area contributed by atoms with Crippen LogP contribution in [0.4, 0.5) is 0 Å². The summed E-state index contributed by atoms with van der Waals surface area (Å²) in [6.45, 7) is 2.90. The maximum atomic E-state index is 12.4. The normalized spacial score (nSPS) is 20.9. The molecule has 1 aliphatic rings. The van der Waals surface area contributed by atoms with Crippen molar-refractivity contribution in [1.82, 2.24) is 15.3 Å². The van der Waals surface area contributed by atoms with Gasteiger partial charge in [-0.3, -0.25) is 4.79 Å². The summed E-state index contributed by atoms with van der Waals surface area (Å²) >= 11 is 0. The molecule has 122 valence electrons. The van der Waals surface area contributed by atoms with Gasteiger partial charge in [0, 0.05) is 25.3 Å². The lowest BCUT2D eigenvalue weighted by atomic mass is 10.1. The van der Waals surface area contributed by atoms with E-state index in [1.165, 1.54) is 6.39 Å². The molecule has 2 aromatic rings. The van der Waals surface area contributed by atoms with E-state index in [0.717, 1.165) is 0 Å². The summed E-state index contributed by atoms with van der Waals surface area (Å²) in [5.41, 5.74) is 0.329. The minimum absolute atomic E-state index is 0.167. The highest BCUT2D eigenvalue weighted by Crippen LogP contribution is 2.16. The van der Waals surface area contributed by atoms with Gasteiger partial charge in [-0.1, -0.05) is 13.0 Å². The second-order valence-corrected chi connectivity index (χ2v) is 5.25. The number of ether oxygens (including phenoxy) is 2. The first-order valence-electron chi connectivity index (χ1n) is 7.66. The molecule has 0 unspecified atom stereocenters. The van der Waals surface area contributed by atoms with Crippen LogP contribution in [0.5, 0.6) is 5.88 Å². The van der Waals surface area contributed by atoms with Crippen LogP contribution in [0, 0.1) is 0 Å². The van der Waals surface area contributed by atoms with Crippen molar-refractivity contribution in [3.05, 3.63) is 42.2 Å². The van der Waals surface area contributed by atoms with E-state index in [1.807, 2.05) is 19.1 Å². The van der Waals surface area contributed by atoms with Crippen molar-refractivity contribution >= 4 is 5.91 Å². The van der Waals surface area contributed by atoms with Crippen LogP contribution in [-0.4, -0.2) is 41.2 Å². The number of aromatic nitrogens is 2. The van der Waals surface area contributed by atoms with E-state index < -0.39 is 0 Å². The van der Waals surface area contributed by atoms with Gasteiger partial charge in [-0.15, -0.1) is 0 Å². The van der Waals surface area contributed by atoms with Crippen LogP contribution < -0.4 is 10.1 Å². The zero-order valence-corrected chi connectivity index (χ0v) is 12.9. The molecule has 1 amide bonds. The molecule has 1 aliphatic heterocycles. The van der Waals surface area contributed by atoms with Gasteiger partial charge in [0.2, 0.25) is 5.88 Å². The number of rotatable bonds is 5. The van der Waals surface area contributed by atoms with Crippen LogP contribution in [0.15, 0.2) is 35.2 Å². The Balaban J connectivity index is 1.68. The fraction of sp³-hybridized carbons (Fsp3) is 0.438. The van der Waals surface area contributed by atoms with Crippen molar-refractivity contribution in [2.24, 2.45) is 0 Å². The van der Waals surface area contributed by atoms with E-state index in [1.54, 1.807) is 12.3 Å². The van der Waals surface area contributed by atoms with Crippen molar-refractivity contribution < 1.29 is 18.7 Å². The van der Waals surface area contributed by atoms with Crippen LogP contribution in [0.1, 0.15) is 29.6 Å². The molecule has 7 heteroatoms. The van der Waals surface area contributed by atoms with Crippen LogP contribution in [-0.2, 0) is 11.2 Å². The molecular formula is C16H19N3O4. The Morgan fingerprint density at radius 3 is 3.13 bits per heavy atom. The van der Waals surface area contributed by atoms with Crippen LogP contribution >= 0.6 is 0 Å². The average Bonchev–Trinajstić information content (AvgIpc) is 3.06. The number of amides is 1. The Hall–Kier alpha value is -2.41. The molecule has 2 atom stereocenters. The molecule has 1 saturated heterocycles. The number of aryl methyl sites for hydroxylation is 1. The molecule has 0 saturated carbocycles. The minimum Gasteiger partial charge on any atom is -0.470 e. The maximum absolute atomic E-state index is 12.4. The third-order valence-electron chi connectivity index (χ3n) is 3.71. The molecule has 7 nitrogen and oxygen atoms in total. The van der Waals surface area contributed by atoms with Gasteiger partial charge in [0.25, 0.3) is 5.91 Å². The number of carbonyl (C=O) groups excluding carboxylic acids is 1. The standard InChI is InChI=1S/C16H19N3O4/c1-2-12-15(18-10-22-12)16(20)19-11-6-8-21-9-13(11)23-14-5-3-4-7-17-14/h3-5,7,10-11,13H,2,6,8-9H2,1H3,(H,19,20)/t11-,13-/m1/s1. The first kappa shape index (κ1) is 15.5. The number of carbonyl (C=O) groups is 1. The van der Waals surface area contributed by atoms with Gasteiger partial charge >= 0.3 is 0 Å². The van der Waals surface area contributed by atoms with Gasteiger partial charge < -0.3 is 19.2 Å². The number of nitrogens with zero attached hydrogens (tertiary/aromatic N) is 2. The Kier molecular flexibility index (Phi) is 4.87. The molecule has 0 aromatic carbocycles. The van der Waals surface area contributed by atoms with Gasteiger partial charge in [0.1, 0.15) is 11.9 Å². The highest BCUT2D eigenvalue weighted by atomic mass is 16.5. The number of pyridine rings is 1. The Labute approximate surface area is 134 Å². The largest absolute Gasteiger partial charge is 0.470 e. The second kappa shape index (κ2) is 7.23. The predicted octanol–water partition coefficient (Wildman–Crippen LogP) is 1.60. The SMILES string of the molecule is CCc1ocnc1C(=O)N[C@@H]1CCOC[C@H]1Oc1ccccn1. The van der Waals surface area contributed by atoms with E-state index in [2.05, 4.69) is 15.3 Å². The number of nitrogens with one attached hydrogen (secondary N) is 1. The molecule has 0 aliphatic carbocycles. The molecule has 1 fully saturated rings. The Bertz CT molecular complexity index is 644. The van der Waals surface area contributed by atoms with Gasteiger partial charge in [-0.25, -0.2) is 9.97 Å². The molecular weight excluding hydrogens is 298 g/mol. The molecule has 23 heavy (non-hydrogen) atoms. The van der Waals surface area contributed by atoms with Crippen LogP contribution in [0.25, 0.3) is 0 Å². The summed E-state index contributed by atoms with van der Waals surface area (Å²) in [4.78, 5) is 20.6. The molecule has 0 spiro atoms. The molecule has 0 bridgehead atoms. The fourth-order valence-corrected chi connectivity index (χ4v) is 2.51. The molecule has 2 aromatic heterocycles. The maximum Gasteiger partial charge on any atom is 0.273 e. The fourth-order valence-electron chi connectivity index (χ4n) is 2.51. The monoisotopic (exact) mass is 317 g/mol. The Morgan fingerprint density at radius 2 is 2.35 bits per heavy atom. The van der Waals surface area contributed by atoms with Gasteiger partial charge in [-0.2, -0.15) is 0 Å². The smallest absolute Gasteiger partial charge is 0.273 e. The minimum atomic E-state index is -0.292. The number of hydrogen-bond donors (Lipinski definition) is 1. The summed E-state index contributed by atoms with van der Waals surface area (Å²) in [5.74, 6) is 0.840. The van der Waals surface area contributed by atoms with Crippen molar-refractivity contribution in [2.45, 2.75) is 31.9 Å². The van der Waals surface area contributed by atoms with Crippen molar-refractivity contribution in [3.63, 3.8) is 0 Å². The van der Waals surface area contributed by atoms with E-state index in [4.69, 9.17) is 13.9 Å². The van der Waals surface area contributed by atoms with E-state index in [0.29, 0.717) is 43.4 Å². The first-order chi connectivity index (χ1) is 11.3. The summed E-state index contributed by atoms with van der Waals surface area (Å²) in [5, 5.41) is 2.97. The lowest BCUT2D eigenvalue weighted by molar-refractivity contribution is -0.0153. The number of oxazole rings is 1. The average molecular weight is 317 g/mol. The molecule has 0 radical (unpaired) electrons. The van der Waals surface area contributed by atoms with Crippen LogP contribution in [0.3, 0.4) is 0 Å². The quantitative estimate of drug-likeness (QED) is 0.901. The third-order valence-corrected chi connectivity index (χ3v) is 3.71. The summed E-state index contributed by atoms with van der Waals surface area (Å²) in [6, 6.07) is 5.28. The molecule has 3 rings (SSSR count). The molecule has 3 heterocycles. The van der Waals surface area contributed by atoms with Gasteiger partial charge in [-0.05, 0) is 12.5 Å². The van der Waals surface area contributed by atoms with E-state index in [9.17, 15) is 4.79 Å². The number of hydrogen-bond acceptors (Lipinski definition) is 6. The lowest BCUT2D eigenvalue weighted by Gasteiger charge is -2.31. The molecule has 1 N–H and O–H groups in total. The Morgan fingerprint density at radius 1 is 1.43 bits per heavy atom. The predicted molar refractivity (Wildman–Crippen MR) is 81.2 cm³/mol.